The van der Waals surface area contributed by atoms with Gasteiger partial charge < -0.3 is 15.0 Å². The van der Waals surface area contributed by atoms with Crippen molar-refractivity contribution in [3.63, 3.8) is 0 Å². The molecular formula is C19H23N3O5. The molecule has 144 valence electrons. The van der Waals surface area contributed by atoms with Gasteiger partial charge in [0.15, 0.2) is 0 Å². The van der Waals surface area contributed by atoms with Gasteiger partial charge in [-0.2, -0.15) is 0 Å². The number of H-pyrrole nitrogens is 1. The minimum absolute atomic E-state index is 0.0691. The summed E-state index contributed by atoms with van der Waals surface area (Å²) in [6.45, 7) is 0.285. The standard InChI is InChI=1S/C19H23N3O5/c1-27-18(25)12-6-9-14-15(11-12)21-19(26)22(17(14)24)10-4-2-3-5-16(23)20-13-7-8-13/h6,9,11,13H,2-5,7-8,10H2,1H3,(H,20,23)(H,21,26). The zero-order valence-corrected chi connectivity index (χ0v) is 15.2. The third kappa shape index (κ3) is 4.64. The number of ether oxygens (including phenoxy) is 1. The quantitative estimate of drug-likeness (QED) is 0.536. The van der Waals surface area contributed by atoms with Gasteiger partial charge in [-0.1, -0.05) is 6.42 Å². The smallest absolute Gasteiger partial charge is 0.337 e. The molecule has 2 N–H and O–H groups in total. The third-order valence-corrected chi connectivity index (χ3v) is 4.63. The largest absolute Gasteiger partial charge is 0.465 e. The normalized spacial score (nSPS) is 13.5. The van der Waals surface area contributed by atoms with E-state index in [4.69, 9.17) is 0 Å². The van der Waals surface area contributed by atoms with Crippen LogP contribution in [0, 0.1) is 0 Å². The Kier molecular flexibility index (Phi) is 5.73. The van der Waals surface area contributed by atoms with E-state index in [0.717, 1.165) is 30.3 Å². The van der Waals surface area contributed by atoms with E-state index in [1.165, 1.54) is 25.3 Å². The van der Waals surface area contributed by atoms with Crippen LogP contribution in [0.25, 0.3) is 10.9 Å². The van der Waals surface area contributed by atoms with Crippen molar-refractivity contribution in [1.29, 1.82) is 0 Å². The summed E-state index contributed by atoms with van der Waals surface area (Å²) < 4.78 is 5.80. The fraction of sp³-hybridized carbons (Fsp3) is 0.474. The Labute approximate surface area is 155 Å². The Balaban J connectivity index is 1.62. The number of nitrogens with zero attached hydrogens (tertiary/aromatic N) is 1. The summed E-state index contributed by atoms with van der Waals surface area (Å²) in [5.41, 5.74) is -0.333. The molecule has 1 saturated carbocycles. The maximum atomic E-state index is 12.6. The molecule has 0 saturated heterocycles. The van der Waals surface area contributed by atoms with Crippen LogP contribution in [0.2, 0.25) is 0 Å². The monoisotopic (exact) mass is 373 g/mol. The van der Waals surface area contributed by atoms with E-state index in [1.807, 2.05) is 0 Å². The Hall–Kier alpha value is -2.90. The van der Waals surface area contributed by atoms with Crippen LogP contribution in [0.5, 0.6) is 0 Å². The van der Waals surface area contributed by atoms with Gasteiger partial charge in [-0.05, 0) is 43.9 Å². The molecule has 1 heterocycles. The number of unbranched alkanes of at least 4 members (excludes halogenated alkanes) is 2. The molecule has 1 aromatic heterocycles. The lowest BCUT2D eigenvalue weighted by molar-refractivity contribution is -0.121. The van der Waals surface area contributed by atoms with Gasteiger partial charge >= 0.3 is 11.7 Å². The van der Waals surface area contributed by atoms with Gasteiger partial charge in [-0.15, -0.1) is 0 Å². The SMILES string of the molecule is COC(=O)c1ccc2c(=O)n(CCCCCC(=O)NC3CC3)c(=O)[nH]c2c1. The Morgan fingerprint density at radius 2 is 2.00 bits per heavy atom. The van der Waals surface area contributed by atoms with Crippen LogP contribution in [-0.2, 0) is 16.1 Å². The van der Waals surface area contributed by atoms with Crippen molar-refractivity contribution >= 4 is 22.8 Å². The van der Waals surface area contributed by atoms with Gasteiger partial charge in [-0.3, -0.25) is 14.2 Å². The van der Waals surface area contributed by atoms with Crippen molar-refractivity contribution in [3.05, 3.63) is 44.6 Å². The molecule has 0 spiro atoms. The molecular weight excluding hydrogens is 350 g/mol. The van der Waals surface area contributed by atoms with E-state index >= 15 is 0 Å². The number of carbonyl (C=O) groups excluding carboxylic acids is 2. The Morgan fingerprint density at radius 1 is 1.22 bits per heavy atom. The Bertz CT molecular complexity index is 971. The van der Waals surface area contributed by atoms with Crippen molar-refractivity contribution in [3.8, 4) is 0 Å². The van der Waals surface area contributed by atoms with Crippen molar-refractivity contribution in [1.82, 2.24) is 14.9 Å². The number of esters is 1. The molecule has 8 heteroatoms. The van der Waals surface area contributed by atoms with Crippen LogP contribution >= 0.6 is 0 Å². The summed E-state index contributed by atoms with van der Waals surface area (Å²) in [6.07, 6.45) is 4.72. The molecule has 0 radical (unpaired) electrons. The number of rotatable bonds is 8. The van der Waals surface area contributed by atoms with E-state index in [9.17, 15) is 19.2 Å². The first-order valence-corrected chi connectivity index (χ1v) is 9.14. The van der Waals surface area contributed by atoms with Gasteiger partial charge in [0.05, 0.1) is 23.6 Å². The molecule has 1 aromatic carbocycles. The molecule has 8 nitrogen and oxygen atoms in total. The van der Waals surface area contributed by atoms with Gasteiger partial charge in [-0.25, -0.2) is 9.59 Å². The van der Waals surface area contributed by atoms with E-state index in [-0.39, 0.29) is 18.0 Å². The lowest BCUT2D eigenvalue weighted by atomic mass is 10.1. The zero-order valence-electron chi connectivity index (χ0n) is 15.2. The van der Waals surface area contributed by atoms with Crippen LogP contribution in [0.15, 0.2) is 27.8 Å². The van der Waals surface area contributed by atoms with Crippen molar-refractivity contribution < 1.29 is 14.3 Å². The molecule has 27 heavy (non-hydrogen) atoms. The van der Waals surface area contributed by atoms with Crippen molar-refractivity contribution in [2.24, 2.45) is 0 Å². The molecule has 0 aliphatic heterocycles. The Morgan fingerprint density at radius 3 is 2.70 bits per heavy atom. The number of aromatic nitrogens is 2. The number of hydrogen-bond acceptors (Lipinski definition) is 5. The summed E-state index contributed by atoms with van der Waals surface area (Å²) in [6, 6.07) is 4.81. The summed E-state index contributed by atoms with van der Waals surface area (Å²) in [7, 11) is 1.27. The van der Waals surface area contributed by atoms with Crippen LogP contribution in [-0.4, -0.2) is 34.6 Å². The first-order chi connectivity index (χ1) is 13.0. The molecule has 1 fully saturated rings. The second kappa shape index (κ2) is 8.20. The van der Waals surface area contributed by atoms with E-state index in [0.29, 0.717) is 29.8 Å². The van der Waals surface area contributed by atoms with Gasteiger partial charge in [0.1, 0.15) is 0 Å². The number of carbonyl (C=O) groups is 2. The topological polar surface area (TPSA) is 110 Å². The highest BCUT2D eigenvalue weighted by Gasteiger charge is 2.22. The van der Waals surface area contributed by atoms with E-state index in [1.54, 1.807) is 0 Å². The van der Waals surface area contributed by atoms with Crippen LogP contribution in [0.3, 0.4) is 0 Å². The summed E-state index contributed by atoms with van der Waals surface area (Å²) in [4.78, 5) is 50.6. The fourth-order valence-electron chi connectivity index (χ4n) is 2.96. The lowest BCUT2D eigenvalue weighted by Crippen LogP contribution is -2.35. The minimum atomic E-state index is -0.535. The van der Waals surface area contributed by atoms with E-state index in [2.05, 4.69) is 15.0 Å². The predicted molar refractivity (Wildman–Crippen MR) is 99.8 cm³/mol. The number of methoxy groups -OCH3 is 1. The first-order valence-electron chi connectivity index (χ1n) is 9.14. The summed E-state index contributed by atoms with van der Waals surface area (Å²) in [5, 5.41) is 3.27. The maximum absolute atomic E-state index is 12.6. The minimum Gasteiger partial charge on any atom is -0.465 e. The highest BCUT2D eigenvalue weighted by molar-refractivity contribution is 5.93. The highest BCUT2D eigenvalue weighted by atomic mass is 16.5. The first kappa shape index (κ1) is 18.9. The number of hydrogen-bond donors (Lipinski definition) is 2. The van der Waals surface area contributed by atoms with Crippen LogP contribution < -0.4 is 16.6 Å². The fourth-order valence-corrected chi connectivity index (χ4v) is 2.96. The second-order valence-corrected chi connectivity index (χ2v) is 6.79. The van der Waals surface area contributed by atoms with Gasteiger partial charge in [0, 0.05) is 19.0 Å². The number of amides is 1. The molecule has 0 unspecified atom stereocenters. The highest BCUT2D eigenvalue weighted by Crippen LogP contribution is 2.18. The van der Waals surface area contributed by atoms with E-state index < -0.39 is 17.2 Å². The van der Waals surface area contributed by atoms with Crippen molar-refractivity contribution in [2.75, 3.05) is 7.11 Å². The van der Waals surface area contributed by atoms with Gasteiger partial charge in [0.25, 0.3) is 5.56 Å². The number of aromatic amines is 1. The molecule has 1 aliphatic rings. The second-order valence-electron chi connectivity index (χ2n) is 6.79. The zero-order chi connectivity index (χ0) is 19.4. The molecule has 3 rings (SSSR count). The molecule has 1 aliphatic carbocycles. The molecule has 0 bridgehead atoms. The predicted octanol–water partition coefficient (Wildman–Crippen LogP) is 1.32. The van der Waals surface area contributed by atoms with Crippen LogP contribution in [0.4, 0.5) is 0 Å². The lowest BCUT2D eigenvalue weighted by Gasteiger charge is -2.07. The van der Waals surface area contributed by atoms with Crippen LogP contribution in [0.1, 0.15) is 48.9 Å². The molecule has 1 amide bonds. The average Bonchev–Trinajstić information content (AvgIpc) is 3.46. The van der Waals surface area contributed by atoms with Crippen molar-refractivity contribution in [2.45, 2.75) is 51.1 Å². The third-order valence-electron chi connectivity index (χ3n) is 4.63. The molecule has 0 atom stereocenters. The maximum Gasteiger partial charge on any atom is 0.337 e. The summed E-state index contributed by atoms with van der Waals surface area (Å²) in [5.74, 6) is -0.465. The van der Waals surface area contributed by atoms with Gasteiger partial charge in [0.2, 0.25) is 5.91 Å². The number of nitrogens with one attached hydrogen (secondary N) is 2. The number of fused-ring (bicyclic) bond motifs is 1. The average molecular weight is 373 g/mol. The summed E-state index contributed by atoms with van der Waals surface area (Å²) >= 11 is 0. The number of benzene rings is 1. The molecule has 2 aromatic rings.